The topological polar surface area (TPSA) is 70.6 Å². The van der Waals surface area contributed by atoms with Crippen LogP contribution in [0, 0.1) is 11.6 Å². The number of hydrogen-bond donors (Lipinski definition) is 3. The van der Waals surface area contributed by atoms with Crippen LogP contribution in [0.2, 0.25) is 0 Å². The first-order chi connectivity index (χ1) is 10.0. The Morgan fingerprint density at radius 1 is 1.24 bits per heavy atom. The maximum absolute atomic E-state index is 13.9. The van der Waals surface area contributed by atoms with Crippen molar-refractivity contribution in [1.82, 2.24) is 0 Å². The second kappa shape index (κ2) is 6.53. The number of para-hydroxylation sites is 1. The van der Waals surface area contributed by atoms with E-state index in [4.69, 9.17) is 10.9 Å². The number of amidine groups is 1. The molecule has 0 spiro atoms. The van der Waals surface area contributed by atoms with Crippen LogP contribution < -0.4 is 11.1 Å². The van der Waals surface area contributed by atoms with Crippen molar-refractivity contribution in [3.8, 4) is 0 Å². The van der Waals surface area contributed by atoms with Gasteiger partial charge in [-0.15, -0.1) is 0 Å². The van der Waals surface area contributed by atoms with E-state index in [-0.39, 0.29) is 23.6 Å². The third-order valence-corrected chi connectivity index (χ3v) is 3.54. The SMILES string of the molecule is N/C(=N/O)c1ccc(CNc2c(F)cccc2Br)c(F)c1. The number of rotatable bonds is 4. The molecule has 4 nitrogen and oxygen atoms in total. The molecule has 0 heterocycles. The minimum atomic E-state index is -0.529. The van der Waals surface area contributed by atoms with Gasteiger partial charge in [-0.05, 0) is 34.1 Å². The molecule has 0 saturated carbocycles. The van der Waals surface area contributed by atoms with Crippen LogP contribution in [0.15, 0.2) is 46.0 Å². The maximum Gasteiger partial charge on any atom is 0.170 e. The summed E-state index contributed by atoms with van der Waals surface area (Å²) < 4.78 is 28.1. The number of benzene rings is 2. The predicted molar refractivity (Wildman–Crippen MR) is 80.3 cm³/mol. The van der Waals surface area contributed by atoms with Crippen LogP contribution in [0.5, 0.6) is 0 Å². The molecule has 0 aromatic heterocycles. The molecule has 2 rings (SSSR count). The van der Waals surface area contributed by atoms with Gasteiger partial charge in [0.15, 0.2) is 5.84 Å². The first kappa shape index (κ1) is 15.2. The zero-order chi connectivity index (χ0) is 15.4. The lowest BCUT2D eigenvalue weighted by atomic mass is 10.1. The molecule has 7 heteroatoms. The van der Waals surface area contributed by atoms with Gasteiger partial charge in [-0.2, -0.15) is 0 Å². The minimum absolute atomic E-state index is 0.0990. The monoisotopic (exact) mass is 355 g/mol. The quantitative estimate of drug-likeness (QED) is 0.340. The summed E-state index contributed by atoms with van der Waals surface area (Å²) in [7, 11) is 0. The van der Waals surface area contributed by atoms with Crippen molar-refractivity contribution in [2.45, 2.75) is 6.54 Å². The molecule has 0 saturated heterocycles. The molecule has 0 aliphatic rings. The highest BCUT2D eigenvalue weighted by Crippen LogP contribution is 2.26. The van der Waals surface area contributed by atoms with Crippen LogP contribution in [0.25, 0.3) is 0 Å². The Morgan fingerprint density at radius 3 is 2.62 bits per heavy atom. The van der Waals surface area contributed by atoms with Crippen LogP contribution in [-0.4, -0.2) is 11.0 Å². The summed E-state index contributed by atoms with van der Waals surface area (Å²) >= 11 is 3.22. The molecule has 4 N–H and O–H groups in total. The summed E-state index contributed by atoms with van der Waals surface area (Å²) in [6, 6.07) is 8.73. The number of oxime groups is 1. The van der Waals surface area contributed by atoms with Crippen molar-refractivity contribution in [2.24, 2.45) is 10.9 Å². The standard InChI is InChI=1S/C14H12BrF2N3O/c15-10-2-1-3-11(16)13(10)19-7-9-5-4-8(6-12(9)17)14(18)20-21/h1-6,19,21H,7H2,(H2,18,20). The summed E-state index contributed by atoms with van der Waals surface area (Å²) in [6.45, 7) is 0.0990. The van der Waals surface area contributed by atoms with Gasteiger partial charge < -0.3 is 16.3 Å². The molecule has 0 amide bonds. The lowest BCUT2D eigenvalue weighted by Crippen LogP contribution is -2.14. The number of nitrogens with zero attached hydrogens (tertiary/aromatic N) is 1. The van der Waals surface area contributed by atoms with Gasteiger partial charge in [0.25, 0.3) is 0 Å². The normalized spacial score (nSPS) is 11.5. The van der Waals surface area contributed by atoms with Crippen molar-refractivity contribution < 1.29 is 14.0 Å². The van der Waals surface area contributed by atoms with Gasteiger partial charge in [-0.3, -0.25) is 0 Å². The Morgan fingerprint density at radius 2 is 2.00 bits per heavy atom. The van der Waals surface area contributed by atoms with E-state index >= 15 is 0 Å². The molecule has 2 aromatic carbocycles. The molecular weight excluding hydrogens is 344 g/mol. The Kier molecular flexibility index (Phi) is 4.74. The maximum atomic E-state index is 13.9. The van der Waals surface area contributed by atoms with Crippen LogP contribution in [0.3, 0.4) is 0 Å². The average molecular weight is 356 g/mol. The summed E-state index contributed by atoms with van der Waals surface area (Å²) in [6.07, 6.45) is 0. The average Bonchev–Trinajstić information content (AvgIpc) is 2.47. The van der Waals surface area contributed by atoms with E-state index in [1.165, 1.54) is 18.2 Å². The molecule has 2 aromatic rings. The highest BCUT2D eigenvalue weighted by molar-refractivity contribution is 9.10. The summed E-state index contributed by atoms with van der Waals surface area (Å²) in [5, 5.41) is 14.2. The predicted octanol–water partition coefficient (Wildman–Crippen LogP) is 3.43. The number of hydrogen-bond acceptors (Lipinski definition) is 3. The molecule has 0 fully saturated rings. The molecular formula is C14H12BrF2N3O. The number of halogens is 3. The number of nitrogens with two attached hydrogens (primary N) is 1. The summed E-state index contributed by atoms with van der Waals surface area (Å²) in [5.74, 6) is -1.14. The van der Waals surface area contributed by atoms with Crippen molar-refractivity contribution in [3.05, 3.63) is 63.6 Å². The van der Waals surface area contributed by atoms with E-state index in [0.717, 1.165) is 6.07 Å². The smallest absolute Gasteiger partial charge is 0.170 e. The lowest BCUT2D eigenvalue weighted by molar-refractivity contribution is 0.318. The molecule has 0 aliphatic carbocycles. The first-order valence-electron chi connectivity index (χ1n) is 5.97. The Hall–Kier alpha value is -2.15. The van der Waals surface area contributed by atoms with Gasteiger partial charge in [0.1, 0.15) is 11.6 Å². The van der Waals surface area contributed by atoms with Crippen LogP contribution >= 0.6 is 15.9 Å². The van der Waals surface area contributed by atoms with E-state index in [9.17, 15) is 8.78 Å². The Bertz CT molecular complexity index is 672. The summed E-state index contributed by atoms with van der Waals surface area (Å²) in [5.41, 5.74) is 6.24. The van der Waals surface area contributed by atoms with Crippen molar-refractivity contribution in [3.63, 3.8) is 0 Å². The zero-order valence-electron chi connectivity index (χ0n) is 10.8. The van der Waals surface area contributed by atoms with E-state index in [1.54, 1.807) is 12.1 Å². The lowest BCUT2D eigenvalue weighted by Gasteiger charge is -2.11. The van der Waals surface area contributed by atoms with Crippen LogP contribution in [0.4, 0.5) is 14.5 Å². The molecule has 0 atom stereocenters. The number of nitrogens with one attached hydrogen (secondary N) is 1. The molecule has 0 bridgehead atoms. The molecule has 0 aliphatic heterocycles. The molecule has 0 radical (unpaired) electrons. The Labute approximate surface area is 128 Å². The Balaban J connectivity index is 2.18. The van der Waals surface area contributed by atoms with Crippen molar-refractivity contribution >= 4 is 27.5 Å². The molecule has 21 heavy (non-hydrogen) atoms. The van der Waals surface area contributed by atoms with Crippen molar-refractivity contribution in [1.29, 1.82) is 0 Å². The highest BCUT2D eigenvalue weighted by atomic mass is 79.9. The third kappa shape index (κ3) is 3.49. The highest BCUT2D eigenvalue weighted by Gasteiger charge is 2.09. The van der Waals surface area contributed by atoms with E-state index in [2.05, 4.69) is 26.4 Å². The van der Waals surface area contributed by atoms with E-state index in [0.29, 0.717) is 10.0 Å². The molecule has 0 unspecified atom stereocenters. The number of anilines is 1. The van der Waals surface area contributed by atoms with E-state index in [1.807, 2.05) is 0 Å². The fourth-order valence-corrected chi connectivity index (χ4v) is 2.24. The van der Waals surface area contributed by atoms with Gasteiger partial charge in [0.05, 0.1) is 5.69 Å². The van der Waals surface area contributed by atoms with Crippen LogP contribution in [-0.2, 0) is 6.54 Å². The van der Waals surface area contributed by atoms with Gasteiger partial charge in [0, 0.05) is 22.1 Å². The first-order valence-corrected chi connectivity index (χ1v) is 6.76. The fraction of sp³-hybridized carbons (Fsp3) is 0.0714. The third-order valence-electron chi connectivity index (χ3n) is 2.87. The van der Waals surface area contributed by atoms with Gasteiger partial charge >= 0.3 is 0 Å². The van der Waals surface area contributed by atoms with Gasteiger partial charge in [-0.1, -0.05) is 23.4 Å². The summed E-state index contributed by atoms with van der Waals surface area (Å²) in [4.78, 5) is 0. The second-order valence-electron chi connectivity index (χ2n) is 4.24. The zero-order valence-corrected chi connectivity index (χ0v) is 12.4. The largest absolute Gasteiger partial charge is 0.409 e. The van der Waals surface area contributed by atoms with Crippen molar-refractivity contribution in [2.75, 3.05) is 5.32 Å². The van der Waals surface area contributed by atoms with Crippen LogP contribution in [0.1, 0.15) is 11.1 Å². The molecule has 110 valence electrons. The fourth-order valence-electron chi connectivity index (χ4n) is 1.76. The van der Waals surface area contributed by atoms with E-state index < -0.39 is 11.6 Å². The van der Waals surface area contributed by atoms with Gasteiger partial charge in [0.2, 0.25) is 0 Å². The van der Waals surface area contributed by atoms with Gasteiger partial charge in [-0.25, -0.2) is 8.78 Å². The minimum Gasteiger partial charge on any atom is -0.409 e. The second-order valence-corrected chi connectivity index (χ2v) is 5.10.